The predicted octanol–water partition coefficient (Wildman–Crippen LogP) is 4.46. The Morgan fingerprint density at radius 3 is 2.47 bits per heavy atom. The molecule has 0 amide bonds. The van der Waals surface area contributed by atoms with E-state index in [-0.39, 0.29) is 6.61 Å². The molecule has 8 nitrogen and oxygen atoms in total. The normalized spacial score (nSPS) is 14.6. The van der Waals surface area contributed by atoms with E-state index in [1.165, 1.54) is 10.5 Å². The lowest BCUT2D eigenvalue weighted by atomic mass is 10.1. The maximum absolute atomic E-state index is 10.1. The first kappa shape index (κ1) is 26.0. The summed E-state index contributed by atoms with van der Waals surface area (Å²) in [6, 6.07) is 17.0. The summed E-state index contributed by atoms with van der Waals surface area (Å²) in [5, 5.41) is 24.0. The molecular formula is C29H32N6O2S. The van der Waals surface area contributed by atoms with E-state index in [4.69, 9.17) is 9.72 Å². The van der Waals surface area contributed by atoms with Crippen LogP contribution in [0.2, 0.25) is 0 Å². The fraction of sp³-hybridized carbons (Fsp3) is 0.345. The van der Waals surface area contributed by atoms with Crippen molar-refractivity contribution >= 4 is 23.1 Å². The number of benzene rings is 1. The van der Waals surface area contributed by atoms with E-state index < -0.39 is 5.60 Å². The number of ether oxygens (including phenoxy) is 1. The molecule has 1 aromatic carbocycles. The predicted molar refractivity (Wildman–Crippen MR) is 151 cm³/mol. The van der Waals surface area contributed by atoms with Crippen molar-refractivity contribution in [3.05, 3.63) is 72.2 Å². The van der Waals surface area contributed by atoms with E-state index >= 15 is 0 Å². The van der Waals surface area contributed by atoms with Gasteiger partial charge in [-0.05, 0) is 56.0 Å². The van der Waals surface area contributed by atoms with Crippen molar-refractivity contribution in [1.82, 2.24) is 19.5 Å². The number of hydrogen-bond acceptors (Lipinski definition) is 8. The number of piperazine rings is 1. The summed E-state index contributed by atoms with van der Waals surface area (Å²) >= 11 is 1.77. The molecule has 3 aromatic heterocycles. The molecule has 4 heterocycles. The van der Waals surface area contributed by atoms with Crippen LogP contribution >= 0.6 is 11.8 Å². The van der Waals surface area contributed by atoms with Gasteiger partial charge in [0.25, 0.3) is 0 Å². The van der Waals surface area contributed by atoms with Crippen LogP contribution in [0.25, 0.3) is 16.6 Å². The molecule has 0 spiro atoms. The second-order valence-corrected chi connectivity index (χ2v) is 11.0. The van der Waals surface area contributed by atoms with E-state index in [1.807, 2.05) is 24.4 Å². The van der Waals surface area contributed by atoms with Gasteiger partial charge in [0, 0.05) is 54.9 Å². The summed E-state index contributed by atoms with van der Waals surface area (Å²) in [5.74, 6) is 1.50. The number of rotatable bonds is 8. The second-order valence-electron chi connectivity index (χ2n) is 10.2. The first-order chi connectivity index (χ1) is 18.3. The molecule has 1 aliphatic rings. The zero-order valence-corrected chi connectivity index (χ0v) is 22.8. The first-order valence-electron chi connectivity index (χ1n) is 12.7. The molecule has 38 heavy (non-hydrogen) atoms. The van der Waals surface area contributed by atoms with Crippen molar-refractivity contribution in [2.24, 2.45) is 0 Å². The number of aliphatic hydroxyl groups is 1. The fourth-order valence-electron chi connectivity index (χ4n) is 4.59. The number of anilines is 1. The van der Waals surface area contributed by atoms with Crippen LogP contribution in [0.5, 0.6) is 5.75 Å². The molecule has 0 radical (unpaired) electrons. The van der Waals surface area contributed by atoms with Crippen LogP contribution in [0.15, 0.2) is 66.0 Å². The van der Waals surface area contributed by atoms with Crippen LogP contribution in [-0.2, 0) is 6.54 Å². The van der Waals surface area contributed by atoms with Crippen LogP contribution in [-0.4, -0.2) is 69.2 Å². The molecular weight excluding hydrogens is 496 g/mol. The van der Waals surface area contributed by atoms with Crippen molar-refractivity contribution < 1.29 is 9.84 Å². The topological polar surface area (TPSA) is 89.9 Å². The maximum Gasteiger partial charge on any atom is 0.138 e. The summed E-state index contributed by atoms with van der Waals surface area (Å²) in [6.45, 7) is 8.29. The third-order valence-electron chi connectivity index (χ3n) is 6.62. The Morgan fingerprint density at radius 2 is 1.84 bits per heavy atom. The quantitative estimate of drug-likeness (QED) is 0.335. The molecule has 0 atom stereocenters. The SMILES string of the molecule is CSc1ccc(CN2CCN(c3ccc(-c4cc(OCC(C)(C)O)cn5ncc(C#N)c45)cn3)CC2)cc1. The summed E-state index contributed by atoms with van der Waals surface area (Å²) in [6.07, 6.45) is 7.22. The summed E-state index contributed by atoms with van der Waals surface area (Å²) < 4.78 is 7.49. The largest absolute Gasteiger partial charge is 0.489 e. The number of fused-ring (bicyclic) bond motifs is 1. The fourth-order valence-corrected chi connectivity index (χ4v) is 5.00. The molecule has 1 fully saturated rings. The Hall–Kier alpha value is -3.58. The molecule has 0 unspecified atom stereocenters. The third-order valence-corrected chi connectivity index (χ3v) is 7.36. The molecule has 1 aliphatic heterocycles. The van der Waals surface area contributed by atoms with E-state index in [0.29, 0.717) is 16.8 Å². The second kappa shape index (κ2) is 11.0. The Labute approximate surface area is 227 Å². The molecule has 4 aromatic rings. The highest BCUT2D eigenvalue weighted by molar-refractivity contribution is 7.98. The molecule has 0 aliphatic carbocycles. The van der Waals surface area contributed by atoms with Crippen molar-refractivity contribution in [3.8, 4) is 22.9 Å². The molecule has 1 saturated heterocycles. The van der Waals surface area contributed by atoms with Gasteiger partial charge >= 0.3 is 0 Å². The summed E-state index contributed by atoms with van der Waals surface area (Å²) in [5.41, 5.74) is 3.24. The van der Waals surface area contributed by atoms with Gasteiger partial charge in [-0.3, -0.25) is 4.90 Å². The molecule has 0 bridgehead atoms. The van der Waals surface area contributed by atoms with Crippen LogP contribution in [0.4, 0.5) is 5.82 Å². The van der Waals surface area contributed by atoms with Crippen molar-refractivity contribution in [2.45, 2.75) is 30.9 Å². The smallest absolute Gasteiger partial charge is 0.138 e. The van der Waals surface area contributed by atoms with Crippen LogP contribution in [0.1, 0.15) is 25.0 Å². The molecule has 9 heteroatoms. The van der Waals surface area contributed by atoms with Crippen LogP contribution in [0.3, 0.4) is 0 Å². The lowest BCUT2D eigenvalue weighted by Crippen LogP contribution is -2.46. The van der Waals surface area contributed by atoms with Gasteiger partial charge < -0.3 is 14.7 Å². The van der Waals surface area contributed by atoms with Gasteiger partial charge in [-0.25, -0.2) is 9.50 Å². The zero-order chi connectivity index (χ0) is 26.7. The minimum Gasteiger partial charge on any atom is -0.489 e. The molecule has 1 N–H and O–H groups in total. The number of nitrogens with zero attached hydrogens (tertiary/aromatic N) is 6. The minimum atomic E-state index is -0.969. The minimum absolute atomic E-state index is 0.136. The maximum atomic E-state index is 10.1. The van der Waals surface area contributed by atoms with E-state index in [0.717, 1.165) is 49.7 Å². The highest BCUT2D eigenvalue weighted by Crippen LogP contribution is 2.31. The Kier molecular flexibility index (Phi) is 7.56. The van der Waals surface area contributed by atoms with Crippen molar-refractivity contribution in [3.63, 3.8) is 0 Å². The van der Waals surface area contributed by atoms with E-state index in [1.54, 1.807) is 42.5 Å². The lowest BCUT2D eigenvalue weighted by molar-refractivity contribution is 0.0283. The zero-order valence-electron chi connectivity index (χ0n) is 22.0. The Morgan fingerprint density at radius 1 is 1.08 bits per heavy atom. The van der Waals surface area contributed by atoms with Gasteiger partial charge in [-0.1, -0.05) is 12.1 Å². The highest BCUT2D eigenvalue weighted by Gasteiger charge is 2.20. The van der Waals surface area contributed by atoms with Crippen molar-refractivity contribution in [1.29, 1.82) is 5.26 Å². The Bertz CT molecular complexity index is 1430. The lowest BCUT2D eigenvalue weighted by Gasteiger charge is -2.35. The molecule has 0 saturated carbocycles. The average Bonchev–Trinajstić information content (AvgIpc) is 3.35. The van der Waals surface area contributed by atoms with Gasteiger partial charge in [0.05, 0.1) is 29.1 Å². The highest BCUT2D eigenvalue weighted by atomic mass is 32.2. The number of hydrogen-bond donors (Lipinski definition) is 1. The number of aromatic nitrogens is 3. The average molecular weight is 529 g/mol. The van der Waals surface area contributed by atoms with Gasteiger partial charge in [0.2, 0.25) is 0 Å². The summed E-state index contributed by atoms with van der Waals surface area (Å²) in [4.78, 5) is 10.9. The van der Waals surface area contributed by atoms with Crippen molar-refractivity contribution in [2.75, 3.05) is 43.9 Å². The van der Waals surface area contributed by atoms with Gasteiger partial charge in [0.15, 0.2) is 0 Å². The third kappa shape index (κ3) is 5.94. The van der Waals surface area contributed by atoms with E-state index in [9.17, 15) is 10.4 Å². The van der Waals surface area contributed by atoms with Crippen LogP contribution in [0, 0.1) is 11.3 Å². The summed E-state index contributed by atoms with van der Waals surface area (Å²) in [7, 11) is 0. The molecule has 196 valence electrons. The van der Waals surface area contributed by atoms with Gasteiger partial charge in [-0.2, -0.15) is 10.4 Å². The molecule has 5 rings (SSSR count). The van der Waals surface area contributed by atoms with Gasteiger partial charge in [-0.15, -0.1) is 11.8 Å². The number of pyridine rings is 2. The number of thioether (sulfide) groups is 1. The first-order valence-corrected chi connectivity index (χ1v) is 13.9. The number of nitriles is 1. The van der Waals surface area contributed by atoms with Gasteiger partial charge in [0.1, 0.15) is 24.2 Å². The monoisotopic (exact) mass is 528 g/mol. The Balaban J connectivity index is 1.30. The van der Waals surface area contributed by atoms with Crippen LogP contribution < -0.4 is 9.64 Å². The van der Waals surface area contributed by atoms with E-state index in [2.05, 4.69) is 51.5 Å². The standard InChI is InChI=1S/C29H32N6O2S/c1-29(2,36)20-37-24-14-26(28-23(15-30)17-32-35(28)19-24)22-6-9-27(31-16-22)34-12-10-33(11-13-34)18-21-4-7-25(38-3)8-5-21/h4-9,14,16-17,19,36H,10-13,18,20H2,1-3H3.